The number of ether oxygens (including phenoxy) is 14. The molecule has 0 fully saturated rings. The average molecular weight is 1240 g/mol. The van der Waals surface area contributed by atoms with Gasteiger partial charge in [0.25, 0.3) is 5.91 Å². The molecule has 18 nitrogen and oxygen atoms in total. The topological polar surface area (TPSA) is 192 Å². The van der Waals surface area contributed by atoms with Crippen molar-refractivity contribution in [2.45, 2.75) is 55.5 Å². The first kappa shape index (κ1) is 72.2. The molecule has 0 saturated heterocycles. The molecule has 1 amide bonds. The summed E-state index contributed by atoms with van der Waals surface area (Å²) in [6, 6.07) is 13.2. The molecular formula is C52H63F14NO17. The van der Waals surface area contributed by atoms with E-state index in [9.17, 15) is 75.8 Å². The van der Waals surface area contributed by atoms with Crippen LogP contribution in [0.25, 0.3) is 0 Å². The van der Waals surface area contributed by atoms with Crippen LogP contribution in [0.2, 0.25) is 0 Å². The highest BCUT2D eigenvalue weighted by Gasteiger charge is 2.73. The summed E-state index contributed by atoms with van der Waals surface area (Å²) >= 11 is 0. The van der Waals surface area contributed by atoms with E-state index >= 15 is 0 Å². The highest BCUT2D eigenvalue weighted by molar-refractivity contribution is 5.96. The minimum absolute atomic E-state index is 0.00826. The maximum Gasteiger partial charge on any atom is 0.431 e. The number of alkyl halides is 14. The lowest BCUT2D eigenvalue weighted by atomic mass is 10.0. The first-order valence-electron chi connectivity index (χ1n) is 25.3. The van der Waals surface area contributed by atoms with Crippen molar-refractivity contribution in [3.8, 4) is 23.0 Å². The lowest BCUT2D eigenvalue weighted by Gasteiger charge is -2.29. The molecule has 0 spiro atoms. The Hall–Kier alpha value is -6.03. The zero-order chi connectivity index (χ0) is 62.3. The second kappa shape index (κ2) is 36.1. The predicted octanol–water partition coefficient (Wildman–Crippen LogP) is 8.98. The number of carbonyl (C=O) groups excluding carboxylic acids is 3. The van der Waals surface area contributed by atoms with E-state index < -0.39 is 110 Å². The van der Waals surface area contributed by atoms with Crippen LogP contribution in [-0.2, 0) is 54.0 Å². The van der Waals surface area contributed by atoms with Crippen molar-refractivity contribution in [1.29, 1.82) is 0 Å². The second-order valence-corrected chi connectivity index (χ2v) is 17.1. The van der Waals surface area contributed by atoms with Gasteiger partial charge in [0.2, 0.25) is 5.75 Å². The highest BCUT2D eigenvalue weighted by atomic mass is 19.4. The number of nitrogens with one attached hydrogen (secondary N) is 1. The largest absolute Gasteiger partial charge is 0.492 e. The third-order valence-corrected chi connectivity index (χ3v) is 11.0. The van der Waals surface area contributed by atoms with Crippen LogP contribution in [0.3, 0.4) is 0 Å². The molecule has 3 aromatic carbocycles. The summed E-state index contributed by atoms with van der Waals surface area (Å²) in [6.45, 7) is -1.41. The fourth-order valence-corrected chi connectivity index (χ4v) is 6.56. The van der Waals surface area contributed by atoms with Gasteiger partial charge in [-0.05, 0) is 35.9 Å². The Morgan fingerprint density at radius 2 is 0.774 bits per heavy atom. The number of esters is 2. The number of hydrogen-bond donors (Lipinski definition) is 1. The van der Waals surface area contributed by atoms with Crippen molar-refractivity contribution in [3.63, 3.8) is 0 Å². The standard InChI is InChI=1S/C52H63F14NO17/c1-71-14-16-73-18-20-75-22-24-77-26-28-80-41-33-37(34-42(43(41)84-35-36-6-4-3-5-7-36)81-29-27-78-25-23-76-21-19-74-17-15-72-2)44(68)67-10-13-79-40-31-38(45(69)82-11-8-47(53,49(55,56)57)50(58,59)60)30-39(32-40)46(70)83-12-9-48(54,51(61,62)63)52(64,65)66/h3-7,30-34H,8-29,35H2,1-2H3,(H,67,68). The summed E-state index contributed by atoms with van der Waals surface area (Å²) in [4.78, 5) is 39.6. The van der Waals surface area contributed by atoms with Crippen molar-refractivity contribution in [2.75, 3.05) is 146 Å². The van der Waals surface area contributed by atoms with Gasteiger partial charge in [0, 0.05) is 32.6 Å². The first-order valence-corrected chi connectivity index (χ1v) is 25.3. The molecule has 0 bridgehead atoms. The van der Waals surface area contributed by atoms with Gasteiger partial charge < -0.3 is 71.6 Å². The lowest BCUT2D eigenvalue weighted by molar-refractivity contribution is -0.345. The summed E-state index contributed by atoms with van der Waals surface area (Å²) in [5.41, 5.74) is -13.1. The van der Waals surface area contributed by atoms with Gasteiger partial charge >= 0.3 is 48.0 Å². The van der Waals surface area contributed by atoms with Crippen LogP contribution in [0.1, 0.15) is 49.5 Å². The highest BCUT2D eigenvalue weighted by Crippen LogP contribution is 2.49. The van der Waals surface area contributed by atoms with Gasteiger partial charge in [-0.1, -0.05) is 30.3 Å². The summed E-state index contributed by atoms with van der Waals surface area (Å²) < 4.78 is 261. The number of carbonyl (C=O) groups is 3. The Labute approximate surface area is 472 Å². The minimum Gasteiger partial charge on any atom is -0.492 e. The molecule has 0 aromatic heterocycles. The molecular weight excluding hydrogens is 1180 g/mol. The van der Waals surface area contributed by atoms with Gasteiger partial charge in [-0.15, -0.1) is 0 Å². The molecule has 3 rings (SSSR count). The fraction of sp³-hybridized carbons (Fsp3) is 0.596. The molecule has 3 aromatic rings. The summed E-state index contributed by atoms with van der Waals surface area (Å²) in [5.74, 6) is -5.16. The molecule has 0 atom stereocenters. The summed E-state index contributed by atoms with van der Waals surface area (Å²) in [7, 11) is 3.08. The monoisotopic (exact) mass is 1240 g/mol. The fourth-order valence-electron chi connectivity index (χ4n) is 6.56. The van der Waals surface area contributed by atoms with E-state index in [0.29, 0.717) is 71.1 Å². The molecule has 0 aliphatic carbocycles. The van der Waals surface area contributed by atoms with Gasteiger partial charge in [0.05, 0.1) is 123 Å². The van der Waals surface area contributed by atoms with E-state index in [1.807, 2.05) is 0 Å². The molecule has 0 aliphatic heterocycles. The zero-order valence-corrected chi connectivity index (χ0v) is 45.3. The van der Waals surface area contributed by atoms with Crippen molar-refractivity contribution in [2.24, 2.45) is 0 Å². The Bertz CT molecular complexity index is 2250. The normalized spacial score (nSPS) is 12.5. The van der Waals surface area contributed by atoms with E-state index in [-0.39, 0.29) is 82.3 Å². The van der Waals surface area contributed by atoms with Crippen molar-refractivity contribution in [1.82, 2.24) is 5.32 Å². The number of amides is 1. The van der Waals surface area contributed by atoms with Gasteiger partial charge in [-0.25, -0.2) is 18.4 Å². The first-order chi connectivity index (χ1) is 39.7. The van der Waals surface area contributed by atoms with Crippen molar-refractivity contribution < 1.29 is 142 Å². The van der Waals surface area contributed by atoms with Gasteiger partial charge in [0.15, 0.2) is 11.5 Å². The van der Waals surface area contributed by atoms with Crippen LogP contribution < -0.4 is 24.3 Å². The Balaban J connectivity index is 1.86. The molecule has 476 valence electrons. The van der Waals surface area contributed by atoms with Crippen molar-refractivity contribution >= 4 is 17.8 Å². The summed E-state index contributed by atoms with van der Waals surface area (Å²) in [5, 5.41) is 2.49. The maximum atomic E-state index is 14.3. The minimum atomic E-state index is -6.54. The SMILES string of the molecule is COCCOCCOCCOCCOc1cc(C(=O)NCCOc2cc(C(=O)OCCC(F)(C(F)(F)F)C(F)(F)F)cc(C(=O)OCCC(F)(C(F)(F)F)C(F)(F)F)c2)cc(OCCOCCOCCOCCOC)c1OCc1ccccc1. The smallest absolute Gasteiger partial charge is 0.431 e. The number of benzene rings is 3. The third kappa shape index (κ3) is 24.5. The Morgan fingerprint density at radius 1 is 0.405 bits per heavy atom. The van der Waals surface area contributed by atoms with Crippen LogP contribution in [-0.4, -0.2) is 200 Å². The van der Waals surface area contributed by atoms with Crippen LogP contribution in [0.15, 0.2) is 60.7 Å². The quantitative estimate of drug-likeness (QED) is 0.0321. The van der Waals surface area contributed by atoms with Crippen molar-refractivity contribution in [3.05, 3.63) is 82.9 Å². The van der Waals surface area contributed by atoms with Gasteiger partial charge in [-0.3, -0.25) is 4.79 Å². The van der Waals surface area contributed by atoms with Crippen LogP contribution in [0.4, 0.5) is 61.5 Å². The van der Waals surface area contributed by atoms with Gasteiger partial charge in [-0.2, -0.15) is 52.7 Å². The van der Waals surface area contributed by atoms with Gasteiger partial charge in [0.1, 0.15) is 32.2 Å². The zero-order valence-electron chi connectivity index (χ0n) is 45.3. The molecule has 0 radical (unpaired) electrons. The molecule has 0 saturated carbocycles. The van der Waals surface area contributed by atoms with E-state index in [1.54, 1.807) is 30.3 Å². The molecule has 0 aliphatic rings. The average Bonchev–Trinajstić information content (AvgIpc) is 3.63. The van der Waals surface area contributed by atoms with E-state index in [1.165, 1.54) is 26.4 Å². The van der Waals surface area contributed by atoms with E-state index in [4.69, 9.17) is 56.8 Å². The Kier molecular flexibility index (Phi) is 31.0. The predicted molar refractivity (Wildman–Crippen MR) is 263 cm³/mol. The molecule has 1 N–H and O–H groups in total. The Morgan fingerprint density at radius 3 is 1.14 bits per heavy atom. The van der Waals surface area contributed by atoms with E-state index in [0.717, 1.165) is 5.56 Å². The maximum absolute atomic E-state index is 14.3. The number of hydrogen-bond acceptors (Lipinski definition) is 17. The lowest BCUT2D eigenvalue weighted by Crippen LogP contribution is -2.53. The van der Waals surface area contributed by atoms with Crippen LogP contribution in [0, 0.1) is 0 Å². The van der Waals surface area contributed by atoms with Crippen LogP contribution >= 0.6 is 0 Å². The number of rotatable bonds is 42. The second-order valence-electron chi connectivity index (χ2n) is 17.1. The van der Waals surface area contributed by atoms with Crippen LogP contribution in [0.5, 0.6) is 23.0 Å². The summed E-state index contributed by atoms with van der Waals surface area (Å²) in [6.07, 6.45) is -31.2. The molecule has 84 heavy (non-hydrogen) atoms. The third-order valence-electron chi connectivity index (χ3n) is 11.0. The number of methoxy groups -OCH3 is 2. The number of halogens is 14. The molecule has 32 heteroatoms. The van der Waals surface area contributed by atoms with E-state index in [2.05, 4.69) is 14.8 Å². The molecule has 0 unspecified atom stereocenters. The molecule has 0 heterocycles.